The first kappa shape index (κ1) is 17.4. The van der Waals surface area contributed by atoms with Crippen LogP contribution in [0.4, 0.5) is 0 Å². The van der Waals surface area contributed by atoms with Crippen LogP contribution in [0.1, 0.15) is 49.2 Å². The summed E-state index contributed by atoms with van der Waals surface area (Å²) in [6.45, 7) is 4.99. The molecule has 0 fully saturated rings. The Hall–Kier alpha value is -1.62. The third-order valence-electron chi connectivity index (χ3n) is 2.83. The van der Waals surface area contributed by atoms with Gasteiger partial charge in [0.2, 0.25) is 5.91 Å². The van der Waals surface area contributed by atoms with Crippen molar-refractivity contribution < 1.29 is 9.59 Å². The van der Waals surface area contributed by atoms with Crippen molar-refractivity contribution in [2.24, 2.45) is 0 Å². The standard InChI is InChI=1S/C15H22ClN3O2/c1-3-5-12-9-11(10-13(16)19-12)15(21)18-8-6-14(20)17-7-4-2/h9-10H,3-8H2,1-2H3,(H,17,20)(H,18,21). The summed E-state index contributed by atoms with van der Waals surface area (Å²) in [6.07, 6.45) is 2.88. The zero-order valence-corrected chi connectivity index (χ0v) is 13.3. The number of amides is 2. The Bertz CT molecular complexity index is 492. The van der Waals surface area contributed by atoms with Crippen molar-refractivity contribution >= 4 is 23.4 Å². The Balaban J connectivity index is 2.50. The summed E-state index contributed by atoms with van der Waals surface area (Å²) < 4.78 is 0. The normalized spacial score (nSPS) is 10.2. The van der Waals surface area contributed by atoms with E-state index in [-0.39, 0.29) is 18.2 Å². The molecule has 0 saturated carbocycles. The molecule has 6 heteroatoms. The number of carbonyl (C=O) groups is 2. The summed E-state index contributed by atoms with van der Waals surface area (Å²) in [5, 5.41) is 5.79. The van der Waals surface area contributed by atoms with Crippen molar-refractivity contribution in [3.63, 3.8) is 0 Å². The Morgan fingerprint density at radius 3 is 2.57 bits per heavy atom. The van der Waals surface area contributed by atoms with E-state index >= 15 is 0 Å². The molecule has 1 aromatic heterocycles. The Kier molecular flexibility index (Phi) is 7.75. The third-order valence-corrected chi connectivity index (χ3v) is 3.02. The van der Waals surface area contributed by atoms with Crippen LogP contribution < -0.4 is 10.6 Å². The summed E-state index contributed by atoms with van der Waals surface area (Å²) in [5.74, 6) is -0.295. The summed E-state index contributed by atoms with van der Waals surface area (Å²) in [4.78, 5) is 27.6. The molecule has 1 aromatic rings. The van der Waals surface area contributed by atoms with Crippen molar-refractivity contribution in [2.75, 3.05) is 13.1 Å². The lowest BCUT2D eigenvalue weighted by Crippen LogP contribution is -2.31. The summed E-state index contributed by atoms with van der Waals surface area (Å²) in [6, 6.07) is 3.27. The van der Waals surface area contributed by atoms with Crippen LogP contribution in [0, 0.1) is 0 Å². The molecule has 0 aliphatic rings. The Morgan fingerprint density at radius 2 is 1.90 bits per heavy atom. The second-order valence-electron chi connectivity index (χ2n) is 4.78. The van der Waals surface area contributed by atoms with Crippen LogP contribution in [0.15, 0.2) is 12.1 Å². The van der Waals surface area contributed by atoms with Crippen molar-refractivity contribution in [3.05, 3.63) is 28.5 Å². The Morgan fingerprint density at radius 1 is 1.14 bits per heavy atom. The number of pyridine rings is 1. The SMILES string of the molecule is CCCNC(=O)CCNC(=O)c1cc(Cl)nc(CCC)c1. The van der Waals surface area contributed by atoms with Gasteiger partial charge in [0.25, 0.3) is 5.91 Å². The lowest BCUT2D eigenvalue weighted by molar-refractivity contribution is -0.120. The lowest BCUT2D eigenvalue weighted by Gasteiger charge is -2.07. The van der Waals surface area contributed by atoms with Crippen LogP contribution in [0.3, 0.4) is 0 Å². The summed E-state index contributed by atoms with van der Waals surface area (Å²) in [5.41, 5.74) is 1.28. The number of hydrogen-bond acceptors (Lipinski definition) is 3. The highest BCUT2D eigenvalue weighted by Gasteiger charge is 2.09. The molecule has 0 atom stereocenters. The minimum absolute atomic E-state index is 0.0587. The summed E-state index contributed by atoms with van der Waals surface area (Å²) >= 11 is 5.92. The van der Waals surface area contributed by atoms with Gasteiger partial charge >= 0.3 is 0 Å². The molecule has 116 valence electrons. The average molecular weight is 312 g/mol. The van der Waals surface area contributed by atoms with Crippen LogP contribution in [0.25, 0.3) is 0 Å². The number of rotatable bonds is 8. The number of hydrogen-bond donors (Lipinski definition) is 2. The lowest BCUT2D eigenvalue weighted by atomic mass is 10.1. The number of aromatic nitrogens is 1. The molecule has 0 aliphatic heterocycles. The van der Waals surface area contributed by atoms with E-state index in [1.54, 1.807) is 6.07 Å². The van der Waals surface area contributed by atoms with E-state index in [1.165, 1.54) is 6.07 Å². The van der Waals surface area contributed by atoms with Gasteiger partial charge < -0.3 is 10.6 Å². The highest BCUT2D eigenvalue weighted by atomic mass is 35.5. The van der Waals surface area contributed by atoms with Gasteiger partial charge in [0.15, 0.2) is 0 Å². The van der Waals surface area contributed by atoms with Gasteiger partial charge in [-0.2, -0.15) is 0 Å². The first-order valence-electron chi connectivity index (χ1n) is 7.28. The fourth-order valence-corrected chi connectivity index (χ4v) is 2.04. The molecule has 21 heavy (non-hydrogen) atoms. The predicted octanol–water partition coefficient (Wildman–Crippen LogP) is 2.33. The van der Waals surface area contributed by atoms with Gasteiger partial charge in [-0.3, -0.25) is 9.59 Å². The van der Waals surface area contributed by atoms with E-state index in [2.05, 4.69) is 15.6 Å². The van der Waals surface area contributed by atoms with Crippen LogP contribution in [-0.4, -0.2) is 29.9 Å². The molecule has 0 unspecified atom stereocenters. The van der Waals surface area contributed by atoms with Crippen molar-refractivity contribution in [3.8, 4) is 0 Å². The van der Waals surface area contributed by atoms with Gasteiger partial charge in [0, 0.05) is 30.8 Å². The fraction of sp³-hybridized carbons (Fsp3) is 0.533. The van der Waals surface area contributed by atoms with Gasteiger partial charge in [-0.15, -0.1) is 0 Å². The van der Waals surface area contributed by atoms with Gasteiger partial charge in [-0.1, -0.05) is 31.9 Å². The molecule has 0 bridgehead atoms. The van der Waals surface area contributed by atoms with Gasteiger partial charge in [-0.25, -0.2) is 4.98 Å². The molecule has 5 nitrogen and oxygen atoms in total. The molecular formula is C15H22ClN3O2. The molecule has 0 radical (unpaired) electrons. The van der Waals surface area contributed by atoms with Gasteiger partial charge in [0.1, 0.15) is 5.15 Å². The molecule has 0 aromatic carbocycles. The minimum atomic E-state index is -0.236. The van der Waals surface area contributed by atoms with Crippen LogP contribution in [-0.2, 0) is 11.2 Å². The quantitative estimate of drug-likeness (QED) is 0.724. The molecule has 1 rings (SSSR count). The minimum Gasteiger partial charge on any atom is -0.356 e. The fourth-order valence-electron chi connectivity index (χ4n) is 1.81. The van der Waals surface area contributed by atoms with Crippen molar-refractivity contribution in [1.29, 1.82) is 0 Å². The predicted molar refractivity (Wildman–Crippen MR) is 83.5 cm³/mol. The molecular weight excluding hydrogens is 290 g/mol. The third kappa shape index (κ3) is 6.58. The second kappa shape index (κ2) is 9.34. The molecule has 2 N–H and O–H groups in total. The van der Waals surface area contributed by atoms with E-state index in [0.717, 1.165) is 25.0 Å². The number of carbonyl (C=O) groups excluding carboxylic acids is 2. The first-order chi connectivity index (χ1) is 10.1. The zero-order valence-electron chi connectivity index (χ0n) is 12.5. The number of nitrogens with zero attached hydrogens (tertiary/aromatic N) is 1. The zero-order chi connectivity index (χ0) is 15.7. The second-order valence-corrected chi connectivity index (χ2v) is 5.16. The first-order valence-corrected chi connectivity index (χ1v) is 7.66. The molecule has 0 aliphatic carbocycles. The largest absolute Gasteiger partial charge is 0.356 e. The van der Waals surface area contributed by atoms with Crippen LogP contribution in [0.2, 0.25) is 5.15 Å². The average Bonchev–Trinajstić information content (AvgIpc) is 2.44. The maximum Gasteiger partial charge on any atom is 0.251 e. The molecule has 0 saturated heterocycles. The monoisotopic (exact) mass is 311 g/mol. The number of aryl methyl sites for hydroxylation is 1. The van der Waals surface area contributed by atoms with E-state index in [9.17, 15) is 9.59 Å². The van der Waals surface area contributed by atoms with Crippen LogP contribution >= 0.6 is 11.6 Å². The maximum absolute atomic E-state index is 12.0. The smallest absolute Gasteiger partial charge is 0.251 e. The van der Waals surface area contributed by atoms with Crippen LogP contribution in [0.5, 0.6) is 0 Å². The van der Waals surface area contributed by atoms with E-state index < -0.39 is 0 Å². The maximum atomic E-state index is 12.0. The Labute approximate surface area is 130 Å². The summed E-state index contributed by atoms with van der Waals surface area (Å²) in [7, 11) is 0. The molecule has 0 spiro atoms. The molecule has 1 heterocycles. The highest BCUT2D eigenvalue weighted by molar-refractivity contribution is 6.29. The van der Waals surface area contributed by atoms with E-state index in [0.29, 0.717) is 23.8 Å². The van der Waals surface area contributed by atoms with Crippen molar-refractivity contribution in [2.45, 2.75) is 39.5 Å². The van der Waals surface area contributed by atoms with E-state index in [4.69, 9.17) is 11.6 Å². The molecule has 2 amide bonds. The number of nitrogens with one attached hydrogen (secondary N) is 2. The van der Waals surface area contributed by atoms with Gasteiger partial charge in [0.05, 0.1) is 0 Å². The van der Waals surface area contributed by atoms with Crippen molar-refractivity contribution in [1.82, 2.24) is 15.6 Å². The highest BCUT2D eigenvalue weighted by Crippen LogP contribution is 2.12. The number of halogens is 1. The topological polar surface area (TPSA) is 71.1 Å². The van der Waals surface area contributed by atoms with Gasteiger partial charge in [-0.05, 0) is 25.0 Å². The van der Waals surface area contributed by atoms with E-state index in [1.807, 2.05) is 13.8 Å².